The van der Waals surface area contributed by atoms with Crippen LogP contribution >= 0.6 is 0 Å². The van der Waals surface area contributed by atoms with Gasteiger partial charge >= 0.3 is 0 Å². The van der Waals surface area contributed by atoms with Gasteiger partial charge in [0.15, 0.2) is 0 Å². The van der Waals surface area contributed by atoms with E-state index >= 15 is 0 Å². The third-order valence-corrected chi connectivity index (χ3v) is 3.02. The molecule has 5 heteroatoms. The van der Waals surface area contributed by atoms with Crippen molar-refractivity contribution in [3.63, 3.8) is 0 Å². The topological polar surface area (TPSA) is 40.7 Å². The number of nitrogens with zero attached hydrogens (tertiary/aromatic N) is 1. The second-order valence-electron chi connectivity index (χ2n) is 4.69. The predicted octanol–water partition coefficient (Wildman–Crippen LogP) is 3.76. The summed E-state index contributed by atoms with van der Waals surface area (Å²) in [6.45, 7) is 2.25. The first-order chi connectivity index (χ1) is 9.60. The van der Waals surface area contributed by atoms with Crippen LogP contribution in [0.5, 0.6) is 0 Å². The Bertz CT molecular complexity index is 745. The molecular formula is C15H13F2N3. The fourth-order valence-electron chi connectivity index (χ4n) is 2.16. The van der Waals surface area contributed by atoms with Crippen molar-refractivity contribution in [3.8, 4) is 0 Å². The molecule has 0 amide bonds. The summed E-state index contributed by atoms with van der Waals surface area (Å²) in [4.78, 5) is 7.46. The molecule has 3 aromatic rings. The largest absolute Gasteiger partial charge is 0.381 e. The molecule has 0 atom stereocenters. The van der Waals surface area contributed by atoms with Crippen molar-refractivity contribution in [2.24, 2.45) is 0 Å². The van der Waals surface area contributed by atoms with Gasteiger partial charge < -0.3 is 10.3 Å². The van der Waals surface area contributed by atoms with Crippen LogP contribution in [0.25, 0.3) is 11.0 Å². The van der Waals surface area contributed by atoms with Crippen LogP contribution < -0.4 is 5.32 Å². The monoisotopic (exact) mass is 273 g/mol. The summed E-state index contributed by atoms with van der Waals surface area (Å²) in [6.07, 6.45) is 0. The third kappa shape index (κ3) is 2.61. The molecule has 3 nitrogen and oxygen atoms in total. The number of H-pyrrole nitrogens is 1. The van der Waals surface area contributed by atoms with Crippen LogP contribution in [-0.4, -0.2) is 9.97 Å². The maximum Gasteiger partial charge on any atom is 0.126 e. The normalized spacial score (nSPS) is 10.9. The number of nitrogens with one attached hydrogen (secondary N) is 2. The summed E-state index contributed by atoms with van der Waals surface area (Å²) in [5, 5.41) is 3.14. The number of halogens is 2. The van der Waals surface area contributed by atoms with Crippen LogP contribution in [0.3, 0.4) is 0 Å². The highest BCUT2D eigenvalue weighted by molar-refractivity contribution is 5.79. The zero-order chi connectivity index (χ0) is 14.1. The van der Waals surface area contributed by atoms with Crippen LogP contribution in [0, 0.1) is 18.6 Å². The van der Waals surface area contributed by atoms with Gasteiger partial charge in [-0.3, -0.25) is 0 Å². The molecule has 0 fully saturated rings. The molecule has 0 aliphatic carbocycles. The van der Waals surface area contributed by atoms with E-state index in [0.717, 1.165) is 28.6 Å². The van der Waals surface area contributed by atoms with E-state index in [0.29, 0.717) is 12.1 Å². The number of anilines is 1. The average Bonchev–Trinajstić information content (AvgIpc) is 2.74. The molecule has 102 valence electrons. The highest BCUT2D eigenvalue weighted by Gasteiger charge is 2.03. The molecule has 0 spiro atoms. The molecule has 0 bridgehead atoms. The van der Waals surface area contributed by atoms with E-state index in [2.05, 4.69) is 15.3 Å². The van der Waals surface area contributed by atoms with Crippen LogP contribution in [0.15, 0.2) is 36.4 Å². The van der Waals surface area contributed by atoms with Crippen molar-refractivity contribution in [3.05, 3.63) is 59.4 Å². The van der Waals surface area contributed by atoms with Gasteiger partial charge in [0.1, 0.15) is 17.5 Å². The standard InChI is InChI=1S/C15H13F2N3/c1-9-19-14-3-2-13(7-15(14)20-9)18-8-10-4-11(16)6-12(17)5-10/h2-7,18H,8H2,1H3,(H,19,20). The molecule has 0 saturated carbocycles. The van der Waals surface area contributed by atoms with Crippen molar-refractivity contribution in [2.75, 3.05) is 5.32 Å². The first kappa shape index (κ1) is 12.6. The van der Waals surface area contributed by atoms with Crippen LogP contribution in [-0.2, 0) is 6.54 Å². The number of benzene rings is 2. The molecule has 1 heterocycles. The molecule has 3 rings (SSSR count). The highest BCUT2D eigenvalue weighted by atomic mass is 19.1. The van der Waals surface area contributed by atoms with Gasteiger partial charge in [-0.2, -0.15) is 0 Å². The summed E-state index contributed by atoms with van der Waals surface area (Å²) in [5.74, 6) is -0.285. The average molecular weight is 273 g/mol. The lowest BCUT2D eigenvalue weighted by molar-refractivity contribution is 0.580. The Morgan fingerprint density at radius 2 is 1.85 bits per heavy atom. The fraction of sp³-hybridized carbons (Fsp3) is 0.133. The lowest BCUT2D eigenvalue weighted by Gasteiger charge is -2.07. The number of hydrogen-bond donors (Lipinski definition) is 2. The van der Waals surface area contributed by atoms with Gasteiger partial charge in [-0.05, 0) is 42.8 Å². The van der Waals surface area contributed by atoms with E-state index in [1.807, 2.05) is 25.1 Å². The molecule has 0 aliphatic heterocycles. The number of imidazole rings is 1. The smallest absolute Gasteiger partial charge is 0.126 e. The Balaban J connectivity index is 1.79. The molecule has 20 heavy (non-hydrogen) atoms. The van der Waals surface area contributed by atoms with Crippen molar-refractivity contribution in [1.82, 2.24) is 9.97 Å². The number of aromatic nitrogens is 2. The Labute approximate surface area is 114 Å². The van der Waals surface area contributed by atoms with Gasteiger partial charge in [0.25, 0.3) is 0 Å². The van der Waals surface area contributed by atoms with Gasteiger partial charge in [0.2, 0.25) is 0 Å². The van der Waals surface area contributed by atoms with Crippen molar-refractivity contribution in [2.45, 2.75) is 13.5 Å². The van der Waals surface area contributed by atoms with Gasteiger partial charge in [-0.1, -0.05) is 0 Å². The van der Waals surface area contributed by atoms with Crippen molar-refractivity contribution < 1.29 is 8.78 Å². The van der Waals surface area contributed by atoms with Gasteiger partial charge in [-0.15, -0.1) is 0 Å². The van der Waals surface area contributed by atoms with E-state index in [1.165, 1.54) is 12.1 Å². The molecule has 0 aliphatic rings. The lowest BCUT2D eigenvalue weighted by atomic mass is 10.2. The second kappa shape index (κ2) is 4.92. The van der Waals surface area contributed by atoms with Gasteiger partial charge in [0.05, 0.1) is 11.0 Å². The number of hydrogen-bond acceptors (Lipinski definition) is 2. The number of fused-ring (bicyclic) bond motifs is 1. The Morgan fingerprint density at radius 3 is 2.60 bits per heavy atom. The first-order valence-corrected chi connectivity index (χ1v) is 6.25. The number of rotatable bonds is 3. The Morgan fingerprint density at radius 1 is 1.10 bits per heavy atom. The molecule has 1 aromatic heterocycles. The Hall–Kier alpha value is -2.43. The molecule has 0 radical (unpaired) electrons. The fourth-order valence-corrected chi connectivity index (χ4v) is 2.16. The van der Waals surface area contributed by atoms with E-state index in [9.17, 15) is 8.78 Å². The lowest BCUT2D eigenvalue weighted by Crippen LogP contribution is -2.00. The second-order valence-corrected chi connectivity index (χ2v) is 4.69. The zero-order valence-electron chi connectivity index (χ0n) is 10.9. The molecule has 2 N–H and O–H groups in total. The van der Waals surface area contributed by atoms with Crippen LogP contribution in [0.2, 0.25) is 0 Å². The van der Waals surface area contributed by atoms with E-state index in [4.69, 9.17) is 0 Å². The maximum absolute atomic E-state index is 13.1. The minimum atomic E-state index is -0.568. The highest BCUT2D eigenvalue weighted by Crippen LogP contribution is 2.18. The quantitative estimate of drug-likeness (QED) is 0.762. The van der Waals surface area contributed by atoms with Crippen molar-refractivity contribution in [1.29, 1.82) is 0 Å². The summed E-state index contributed by atoms with van der Waals surface area (Å²) in [6, 6.07) is 9.20. The summed E-state index contributed by atoms with van der Waals surface area (Å²) in [7, 11) is 0. The summed E-state index contributed by atoms with van der Waals surface area (Å²) < 4.78 is 26.2. The predicted molar refractivity (Wildman–Crippen MR) is 74.5 cm³/mol. The maximum atomic E-state index is 13.1. The van der Waals surface area contributed by atoms with Gasteiger partial charge in [-0.25, -0.2) is 13.8 Å². The molecule has 2 aromatic carbocycles. The third-order valence-electron chi connectivity index (χ3n) is 3.02. The number of aromatic amines is 1. The molecular weight excluding hydrogens is 260 g/mol. The minimum absolute atomic E-state index is 0.354. The molecule has 0 saturated heterocycles. The summed E-state index contributed by atoms with van der Waals surface area (Å²) in [5.41, 5.74) is 3.25. The number of aryl methyl sites for hydroxylation is 1. The SMILES string of the molecule is Cc1nc2ccc(NCc3cc(F)cc(F)c3)cc2[nH]1. The summed E-state index contributed by atoms with van der Waals surface area (Å²) >= 11 is 0. The zero-order valence-corrected chi connectivity index (χ0v) is 10.9. The van der Waals surface area contributed by atoms with Gasteiger partial charge in [0, 0.05) is 18.3 Å². The first-order valence-electron chi connectivity index (χ1n) is 6.25. The minimum Gasteiger partial charge on any atom is -0.381 e. The van der Waals surface area contributed by atoms with Crippen LogP contribution in [0.4, 0.5) is 14.5 Å². The van der Waals surface area contributed by atoms with E-state index < -0.39 is 11.6 Å². The van der Waals surface area contributed by atoms with E-state index in [1.54, 1.807) is 0 Å². The molecule has 0 unspecified atom stereocenters. The van der Waals surface area contributed by atoms with E-state index in [-0.39, 0.29) is 0 Å². The van der Waals surface area contributed by atoms with Crippen LogP contribution in [0.1, 0.15) is 11.4 Å². The Kier molecular flexibility index (Phi) is 3.10. The van der Waals surface area contributed by atoms with Crippen molar-refractivity contribution >= 4 is 16.7 Å².